The van der Waals surface area contributed by atoms with Gasteiger partial charge in [-0.25, -0.2) is 0 Å². The van der Waals surface area contributed by atoms with Crippen LogP contribution in [-0.4, -0.2) is 47.1 Å². The van der Waals surface area contributed by atoms with Crippen LogP contribution in [-0.2, 0) is 22.7 Å². The first kappa shape index (κ1) is 16.7. The summed E-state index contributed by atoms with van der Waals surface area (Å²) < 4.78 is 1.72. The van der Waals surface area contributed by atoms with Crippen molar-refractivity contribution in [1.29, 1.82) is 0 Å². The first-order valence-electron chi connectivity index (χ1n) is 7.35. The van der Waals surface area contributed by atoms with Gasteiger partial charge in [-0.05, 0) is 19.7 Å². The third-order valence-electron chi connectivity index (χ3n) is 3.17. The van der Waals surface area contributed by atoms with Gasteiger partial charge in [0, 0.05) is 19.3 Å². The Morgan fingerprint density at radius 1 is 1.17 bits per heavy atom. The highest BCUT2D eigenvalue weighted by Crippen LogP contribution is 2.04. The van der Waals surface area contributed by atoms with Crippen molar-refractivity contribution >= 4 is 17.5 Å². The fourth-order valence-corrected chi connectivity index (χ4v) is 1.90. The van der Waals surface area contributed by atoms with E-state index in [-0.39, 0.29) is 0 Å². The molecule has 2 amide bonds. The Labute approximate surface area is 135 Å². The number of amides is 2. The van der Waals surface area contributed by atoms with Crippen LogP contribution >= 0.6 is 0 Å². The van der Waals surface area contributed by atoms with E-state index in [1.54, 1.807) is 10.9 Å². The molecule has 1 aromatic carbocycles. The van der Waals surface area contributed by atoms with Gasteiger partial charge in [0.05, 0.1) is 18.4 Å². The van der Waals surface area contributed by atoms with Gasteiger partial charge in [-0.15, -0.1) is 0 Å². The van der Waals surface area contributed by atoms with Gasteiger partial charge >= 0.3 is 11.8 Å². The Kier molecular flexibility index (Phi) is 5.87. The van der Waals surface area contributed by atoms with Crippen LogP contribution in [0.3, 0.4) is 0 Å². The van der Waals surface area contributed by atoms with Crippen molar-refractivity contribution in [2.75, 3.05) is 26.0 Å². The lowest BCUT2D eigenvalue weighted by molar-refractivity contribution is -0.136. The van der Waals surface area contributed by atoms with Crippen molar-refractivity contribution in [3.63, 3.8) is 0 Å². The highest BCUT2D eigenvalue weighted by atomic mass is 16.2. The third kappa shape index (κ3) is 5.55. The second kappa shape index (κ2) is 8.09. The molecule has 1 heterocycles. The molecule has 7 nitrogen and oxygen atoms in total. The average molecular weight is 315 g/mol. The summed E-state index contributed by atoms with van der Waals surface area (Å²) in [5.41, 5.74) is 1.44. The number of aromatic nitrogens is 2. The monoisotopic (exact) mass is 315 g/mol. The maximum Gasteiger partial charge on any atom is 0.313 e. The molecule has 0 spiro atoms. The quantitative estimate of drug-likeness (QED) is 0.769. The molecular formula is C16H21N5O2. The second-order valence-corrected chi connectivity index (χ2v) is 5.42. The number of likely N-dealkylation sites (N-methyl/N-ethyl adjacent to an activating group) is 1. The molecular weight excluding hydrogens is 294 g/mol. The first-order valence-corrected chi connectivity index (χ1v) is 7.35. The number of carbonyl (C=O) groups is 2. The van der Waals surface area contributed by atoms with E-state index < -0.39 is 11.8 Å². The van der Waals surface area contributed by atoms with Gasteiger partial charge in [0.15, 0.2) is 0 Å². The van der Waals surface area contributed by atoms with Gasteiger partial charge < -0.3 is 15.5 Å². The van der Waals surface area contributed by atoms with Crippen LogP contribution in [0.25, 0.3) is 0 Å². The van der Waals surface area contributed by atoms with E-state index in [0.29, 0.717) is 18.8 Å². The number of rotatable bonds is 6. The maximum atomic E-state index is 11.8. The van der Waals surface area contributed by atoms with Crippen molar-refractivity contribution in [1.82, 2.24) is 20.0 Å². The zero-order valence-corrected chi connectivity index (χ0v) is 13.3. The van der Waals surface area contributed by atoms with Gasteiger partial charge in [-0.2, -0.15) is 5.10 Å². The lowest BCUT2D eigenvalue weighted by Gasteiger charge is -2.08. The number of benzene rings is 1. The number of hydrogen-bond acceptors (Lipinski definition) is 4. The van der Waals surface area contributed by atoms with E-state index in [1.165, 1.54) is 6.20 Å². The molecule has 0 saturated carbocycles. The van der Waals surface area contributed by atoms with Crippen LogP contribution in [0.4, 0.5) is 5.69 Å². The molecule has 2 rings (SSSR count). The van der Waals surface area contributed by atoms with Crippen molar-refractivity contribution in [3.8, 4) is 0 Å². The summed E-state index contributed by atoms with van der Waals surface area (Å²) in [4.78, 5) is 25.7. The molecule has 7 heteroatoms. The van der Waals surface area contributed by atoms with Crippen LogP contribution in [0.5, 0.6) is 0 Å². The smallest absolute Gasteiger partial charge is 0.313 e. The number of nitrogens with zero attached hydrogens (tertiary/aromatic N) is 3. The Morgan fingerprint density at radius 2 is 1.91 bits per heavy atom. The largest absolute Gasteiger partial charge is 0.344 e. The van der Waals surface area contributed by atoms with E-state index in [4.69, 9.17) is 0 Å². The summed E-state index contributed by atoms with van der Waals surface area (Å²) >= 11 is 0. The Hall–Kier alpha value is -2.67. The molecule has 0 unspecified atom stereocenters. The Morgan fingerprint density at radius 3 is 2.61 bits per heavy atom. The molecule has 0 aliphatic heterocycles. The van der Waals surface area contributed by atoms with Crippen molar-refractivity contribution < 1.29 is 9.59 Å². The minimum absolute atomic E-state index is 0.315. The SMILES string of the molecule is CN(C)CCn1cc(NC(=O)C(=O)NCc2ccccc2)cn1. The standard InChI is InChI=1S/C16H21N5O2/c1-20(2)8-9-21-12-14(11-18-21)19-16(23)15(22)17-10-13-6-4-3-5-7-13/h3-7,11-12H,8-10H2,1-2H3,(H,17,22)(H,19,23). The van der Waals surface area contributed by atoms with Gasteiger partial charge in [-0.1, -0.05) is 30.3 Å². The van der Waals surface area contributed by atoms with Gasteiger partial charge in [0.1, 0.15) is 0 Å². The normalized spacial score (nSPS) is 10.6. The summed E-state index contributed by atoms with van der Waals surface area (Å²) in [5.74, 6) is -1.37. The van der Waals surface area contributed by atoms with Gasteiger partial charge in [0.25, 0.3) is 0 Å². The molecule has 0 aliphatic rings. The van der Waals surface area contributed by atoms with Crippen molar-refractivity contribution in [3.05, 3.63) is 48.3 Å². The predicted octanol–water partition coefficient (Wildman–Crippen LogP) is 0.700. The van der Waals surface area contributed by atoms with E-state index in [2.05, 4.69) is 15.7 Å². The minimum Gasteiger partial charge on any atom is -0.344 e. The zero-order valence-electron chi connectivity index (χ0n) is 13.3. The first-order chi connectivity index (χ1) is 11.0. The fourth-order valence-electron chi connectivity index (χ4n) is 1.90. The van der Waals surface area contributed by atoms with Crippen LogP contribution in [0.1, 0.15) is 5.56 Å². The van der Waals surface area contributed by atoms with Crippen LogP contribution < -0.4 is 10.6 Å². The summed E-state index contributed by atoms with van der Waals surface area (Å²) in [6.45, 7) is 1.87. The van der Waals surface area contributed by atoms with E-state index in [9.17, 15) is 9.59 Å². The highest BCUT2D eigenvalue weighted by molar-refractivity contribution is 6.39. The topological polar surface area (TPSA) is 79.3 Å². The van der Waals surface area contributed by atoms with Crippen molar-refractivity contribution in [2.45, 2.75) is 13.1 Å². The third-order valence-corrected chi connectivity index (χ3v) is 3.17. The molecule has 23 heavy (non-hydrogen) atoms. The lowest BCUT2D eigenvalue weighted by atomic mass is 10.2. The molecule has 0 atom stereocenters. The fraction of sp³-hybridized carbons (Fsp3) is 0.312. The lowest BCUT2D eigenvalue weighted by Crippen LogP contribution is -2.34. The number of hydrogen-bond donors (Lipinski definition) is 2. The van der Waals surface area contributed by atoms with Gasteiger partial charge in [-0.3, -0.25) is 14.3 Å². The number of anilines is 1. The van der Waals surface area contributed by atoms with Gasteiger partial charge in [0.2, 0.25) is 0 Å². The summed E-state index contributed by atoms with van der Waals surface area (Å²) in [5, 5.41) is 9.26. The molecule has 1 aromatic heterocycles. The zero-order chi connectivity index (χ0) is 16.7. The summed E-state index contributed by atoms with van der Waals surface area (Å²) in [6, 6.07) is 9.42. The predicted molar refractivity (Wildman–Crippen MR) is 87.7 cm³/mol. The second-order valence-electron chi connectivity index (χ2n) is 5.42. The number of carbonyl (C=O) groups excluding carboxylic acids is 2. The van der Waals surface area contributed by atoms with E-state index in [1.807, 2.05) is 49.3 Å². The van der Waals surface area contributed by atoms with E-state index >= 15 is 0 Å². The molecule has 0 saturated heterocycles. The van der Waals surface area contributed by atoms with Crippen LogP contribution in [0.2, 0.25) is 0 Å². The maximum absolute atomic E-state index is 11.8. The molecule has 0 bridgehead atoms. The minimum atomic E-state index is -0.701. The number of nitrogens with one attached hydrogen (secondary N) is 2. The van der Waals surface area contributed by atoms with Crippen LogP contribution in [0, 0.1) is 0 Å². The Bertz CT molecular complexity index is 652. The molecule has 2 aromatic rings. The summed E-state index contributed by atoms with van der Waals surface area (Å²) in [6.07, 6.45) is 3.23. The molecule has 122 valence electrons. The van der Waals surface area contributed by atoms with Crippen LogP contribution in [0.15, 0.2) is 42.7 Å². The van der Waals surface area contributed by atoms with Crippen molar-refractivity contribution in [2.24, 2.45) is 0 Å². The molecule has 2 N–H and O–H groups in total. The molecule has 0 fully saturated rings. The summed E-state index contributed by atoms with van der Waals surface area (Å²) in [7, 11) is 3.95. The molecule has 0 aliphatic carbocycles. The highest BCUT2D eigenvalue weighted by Gasteiger charge is 2.14. The van der Waals surface area contributed by atoms with E-state index in [0.717, 1.165) is 12.1 Å². The average Bonchev–Trinajstić information content (AvgIpc) is 2.99. The Balaban J connectivity index is 1.80. The molecule has 0 radical (unpaired) electrons.